The van der Waals surface area contributed by atoms with E-state index >= 15 is 0 Å². The SMILES string of the molecule is O=C1c2ccccc2OCCN1Cc1nc(Cl)ccc1Cl. The van der Waals surface area contributed by atoms with E-state index in [1.807, 2.05) is 12.1 Å². The lowest BCUT2D eigenvalue weighted by Crippen LogP contribution is -2.32. The van der Waals surface area contributed by atoms with Crippen molar-refractivity contribution in [2.24, 2.45) is 0 Å². The van der Waals surface area contributed by atoms with Gasteiger partial charge < -0.3 is 9.64 Å². The van der Waals surface area contributed by atoms with Crippen LogP contribution in [-0.4, -0.2) is 28.9 Å². The summed E-state index contributed by atoms with van der Waals surface area (Å²) in [4.78, 5) is 18.4. The van der Waals surface area contributed by atoms with Gasteiger partial charge in [0.25, 0.3) is 5.91 Å². The Morgan fingerprint density at radius 3 is 2.86 bits per heavy atom. The Labute approximate surface area is 132 Å². The van der Waals surface area contributed by atoms with E-state index in [0.717, 1.165) is 0 Å². The van der Waals surface area contributed by atoms with E-state index in [1.165, 1.54) is 0 Å². The second kappa shape index (κ2) is 5.92. The van der Waals surface area contributed by atoms with Crippen molar-refractivity contribution >= 4 is 29.1 Å². The minimum absolute atomic E-state index is 0.0963. The van der Waals surface area contributed by atoms with E-state index in [4.69, 9.17) is 27.9 Å². The first-order chi connectivity index (χ1) is 10.1. The first-order valence-corrected chi connectivity index (χ1v) is 7.23. The third kappa shape index (κ3) is 2.96. The average molecular weight is 323 g/mol. The zero-order valence-corrected chi connectivity index (χ0v) is 12.6. The van der Waals surface area contributed by atoms with Gasteiger partial charge in [0, 0.05) is 0 Å². The number of rotatable bonds is 2. The highest BCUT2D eigenvalue weighted by molar-refractivity contribution is 6.32. The molecule has 0 N–H and O–H groups in total. The molecule has 21 heavy (non-hydrogen) atoms. The van der Waals surface area contributed by atoms with Crippen molar-refractivity contribution in [2.45, 2.75) is 6.54 Å². The van der Waals surface area contributed by atoms with Gasteiger partial charge in [-0.15, -0.1) is 0 Å². The molecule has 6 heteroatoms. The van der Waals surface area contributed by atoms with E-state index in [9.17, 15) is 4.79 Å². The highest BCUT2D eigenvalue weighted by Gasteiger charge is 2.24. The number of pyridine rings is 1. The van der Waals surface area contributed by atoms with Gasteiger partial charge >= 0.3 is 0 Å². The first kappa shape index (κ1) is 14.2. The summed E-state index contributed by atoms with van der Waals surface area (Å²) < 4.78 is 5.60. The van der Waals surface area contributed by atoms with Crippen molar-refractivity contribution in [3.8, 4) is 5.75 Å². The summed E-state index contributed by atoms with van der Waals surface area (Å²) in [5.74, 6) is 0.510. The van der Waals surface area contributed by atoms with Crippen LogP contribution >= 0.6 is 23.2 Å². The maximum atomic E-state index is 12.6. The number of aromatic nitrogens is 1. The Kier molecular flexibility index (Phi) is 3.99. The number of hydrogen-bond donors (Lipinski definition) is 0. The van der Waals surface area contributed by atoms with E-state index in [-0.39, 0.29) is 5.91 Å². The zero-order valence-electron chi connectivity index (χ0n) is 11.1. The number of hydrogen-bond acceptors (Lipinski definition) is 3. The predicted molar refractivity (Wildman–Crippen MR) is 80.9 cm³/mol. The lowest BCUT2D eigenvalue weighted by Gasteiger charge is -2.20. The lowest BCUT2D eigenvalue weighted by molar-refractivity contribution is 0.0741. The topological polar surface area (TPSA) is 42.4 Å². The molecule has 1 aromatic carbocycles. The molecular weight excluding hydrogens is 311 g/mol. The molecule has 0 unspecified atom stereocenters. The molecule has 0 spiro atoms. The Morgan fingerprint density at radius 2 is 2.00 bits per heavy atom. The third-order valence-corrected chi connectivity index (χ3v) is 3.80. The van der Waals surface area contributed by atoms with Gasteiger partial charge in [0.05, 0.1) is 29.4 Å². The largest absolute Gasteiger partial charge is 0.491 e. The van der Waals surface area contributed by atoms with Gasteiger partial charge in [-0.1, -0.05) is 35.3 Å². The van der Waals surface area contributed by atoms with Crippen LogP contribution in [0.15, 0.2) is 36.4 Å². The molecule has 0 saturated heterocycles. The average Bonchev–Trinajstić information content (AvgIpc) is 2.64. The smallest absolute Gasteiger partial charge is 0.258 e. The van der Waals surface area contributed by atoms with Crippen molar-refractivity contribution in [3.05, 3.63) is 57.8 Å². The van der Waals surface area contributed by atoms with Crippen LogP contribution in [0.25, 0.3) is 0 Å². The molecule has 0 bridgehead atoms. The van der Waals surface area contributed by atoms with Gasteiger partial charge in [0.15, 0.2) is 0 Å². The van der Waals surface area contributed by atoms with Gasteiger partial charge in [-0.3, -0.25) is 4.79 Å². The molecular formula is C15H12Cl2N2O2. The lowest BCUT2D eigenvalue weighted by atomic mass is 10.1. The van der Waals surface area contributed by atoms with Gasteiger partial charge in [-0.05, 0) is 24.3 Å². The second-order valence-electron chi connectivity index (χ2n) is 4.63. The number of ether oxygens (including phenoxy) is 1. The van der Waals surface area contributed by atoms with Crippen LogP contribution in [0.5, 0.6) is 5.75 Å². The highest BCUT2D eigenvalue weighted by Crippen LogP contribution is 2.25. The molecule has 108 valence electrons. The van der Waals surface area contributed by atoms with Gasteiger partial charge in [0.1, 0.15) is 17.5 Å². The molecule has 0 fully saturated rings. The summed E-state index contributed by atoms with van der Waals surface area (Å²) in [6, 6.07) is 10.5. The molecule has 1 aromatic heterocycles. The van der Waals surface area contributed by atoms with Crippen LogP contribution in [-0.2, 0) is 6.54 Å². The van der Waals surface area contributed by atoms with Crippen molar-refractivity contribution in [1.29, 1.82) is 0 Å². The fourth-order valence-electron chi connectivity index (χ4n) is 2.21. The first-order valence-electron chi connectivity index (χ1n) is 6.47. The molecule has 0 saturated carbocycles. The molecule has 3 rings (SSSR count). The van der Waals surface area contributed by atoms with Crippen molar-refractivity contribution < 1.29 is 9.53 Å². The van der Waals surface area contributed by atoms with E-state index in [2.05, 4.69) is 4.98 Å². The van der Waals surface area contributed by atoms with Crippen molar-refractivity contribution in [1.82, 2.24) is 9.88 Å². The van der Waals surface area contributed by atoms with Crippen LogP contribution in [0.2, 0.25) is 10.2 Å². The third-order valence-electron chi connectivity index (χ3n) is 3.25. The molecule has 0 radical (unpaired) electrons. The minimum atomic E-state index is -0.0963. The fraction of sp³-hybridized carbons (Fsp3) is 0.200. The zero-order chi connectivity index (χ0) is 14.8. The van der Waals surface area contributed by atoms with E-state index < -0.39 is 0 Å². The molecule has 1 aliphatic heterocycles. The summed E-state index contributed by atoms with van der Waals surface area (Å²) in [6.45, 7) is 1.20. The minimum Gasteiger partial charge on any atom is -0.491 e. The number of para-hydroxylation sites is 1. The highest BCUT2D eigenvalue weighted by atomic mass is 35.5. The van der Waals surface area contributed by atoms with Gasteiger partial charge in [-0.25, -0.2) is 4.98 Å². The summed E-state index contributed by atoms with van der Waals surface area (Å²) >= 11 is 12.0. The quantitative estimate of drug-likeness (QED) is 0.795. The van der Waals surface area contributed by atoms with Crippen LogP contribution in [0.3, 0.4) is 0 Å². The molecule has 4 nitrogen and oxygen atoms in total. The van der Waals surface area contributed by atoms with E-state index in [1.54, 1.807) is 29.2 Å². The van der Waals surface area contributed by atoms with Crippen LogP contribution < -0.4 is 4.74 Å². The molecule has 1 amide bonds. The molecule has 0 aliphatic carbocycles. The van der Waals surface area contributed by atoms with E-state index in [0.29, 0.717) is 46.9 Å². The standard InChI is InChI=1S/C15H12Cl2N2O2/c16-11-5-6-14(17)18-12(11)9-19-7-8-21-13-4-2-1-3-10(13)15(19)20/h1-6H,7-9H2. The van der Waals surface area contributed by atoms with Crippen LogP contribution in [0.1, 0.15) is 16.1 Å². The number of nitrogens with zero attached hydrogens (tertiary/aromatic N) is 2. The molecule has 1 aliphatic rings. The number of carbonyl (C=O) groups excluding carboxylic acids is 1. The summed E-state index contributed by atoms with van der Waals surface area (Å²) in [5, 5.41) is 0.846. The Morgan fingerprint density at radius 1 is 1.19 bits per heavy atom. The Bertz CT molecular complexity index is 691. The number of carbonyl (C=O) groups is 1. The number of halogens is 2. The number of benzene rings is 1. The molecule has 2 heterocycles. The number of amides is 1. The Balaban J connectivity index is 1.89. The van der Waals surface area contributed by atoms with Crippen molar-refractivity contribution in [3.63, 3.8) is 0 Å². The molecule has 2 aromatic rings. The maximum absolute atomic E-state index is 12.6. The Hall–Kier alpha value is -1.78. The van der Waals surface area contributed by atoms with Crippen LogP contribution in [0, 0.1) is 0 Å². The van der Waals surface area contributed by atoms with Crippen LogP contribution in [0.4, 0.5) is 0 Å². The number of fused-ring (bicyclic) bond motifs is 1. The fourth-order valence-corrected chi connectivity index (χ4v) is 2.54. The predicted octanol–water partition coefficient (Wildman–Crippen LogP) is 3.42. The van der Waals surface area contributed by atoms with Gasteiger partial charge in [-0.2, -0.15) is 0 Å². The molecule has 0 atom stereocenters. The van der Waals surface area contributed by atoms with Crippen molar-refractivity contribution in [2.75, 3.05) is 13.2 Å². The second-order valence-corrected chi connectivity index (χ2v) is 5.43. The monoisotopic (exact) mass is 322 g/mol. The summed E-state index contributed by atoms with van der Waals surface area (Å²) in [5.41, 5.74) is 1.13. The normalized spacial score (nSPS) is 14.4. The summed E-state index contributed by atoms with van der Waals surface area (Å²) in [6.07, 6.45) is 0. The summed E-state index contributed by atoms with van der Waals surface area (Å²) in [7, 11) is 0. The maximum Gasteiger partial charge on any atom is 0.258 e. The van der Waals surface area contributed by atoms with Gasteiger partial charge in [0.2, 0.25) is 0 Å².